The first kappa shape index (κ1) is 19.9. The van der Waals surface area contributed by atoms with E-state index in [1.807, 2.05) is 25.1 Å². The van der Waals surface area contributed by atoms with Crippen molar-refractivity contribution >= 4 is 29.0 Å². The highest BCUT2D eigenvalue weighted by molar-refractivity contribution is 7.80. The van der Waals surface area contributed by atoms with Crippen molar-refractivity contribution < 1.29 is 9.53 Å². The quantitative estimate of drug-likeness (QED) is 0.556. The van der Waals surface area contributed by atoms with Gasteiger partial charge in [-0.3, -0.25) is 0 Å². The number of carbonyl (C=O) groups is 1. The predicted molar refractivity (Wildman–Crippen MR) is 111 cm³/mol. The van der Waals surface area contributed by atoms with Gasteiger partial charge in [-0.25, -0.2) is 4.79 Å². The van der Waals surface area contributed by atoms with Crippen molar-refractivity contribution in [3.8, 4) is 0 Å². The number of rotatable bonds is 7. The molecule has 1 atom stereocenters. The summed E-state index contributed by atoms with van der Waals surface area (Å²) in [6.45, 7) is 6.22. The van der Waals surface area contributed by atoms with Gasteiger partial charge in [-0.1, -0.05) is 30.3 Å². The van der Waals surface area contributed by atoms with Gasteiger partial charge in [0.05, 0.1) is 12.2 Å². The Hall–Kier alpha value is -2.40. The van der Waals surface area contributed by atoms with Crippen molar-refractivity contribution in [2.24, 2.45) is 0 Å². The molecule has 2 aromatic rings. The van der Waals surface area contributed by atoms with Crippen LogP contribution in [-0.2, 0) is 11.2 Å². The SMILES string of the molecule is CCOC(=O)c1ccc(NC(=S)N[C@@H](C)CCc2ccccc2)c(C)c1. The third-order valence-corrected chi connectivity index (χ3v) is 4.29. The van der Waals surface area contributed by atoms with E-state index in [9.17, 15) is 4.79 Å². The molecule has 0 aliphatic rings. The molecule has 0 bridgehead atoms. The van der Waals surface area contributed by atoms with Crippen LogP contribution in [0.5, 0.6) is 0 Å². The van der Waals surface area contributed by atoms with Crippen LogP contribution in [0.2, 0.25) is 0 Å². The Morgan fingerprint density at radius 3 is 2.58 bits per heavy atom. The zero-order valence-electron chi connectivity index (χ0n) is 15.5. The Bertz CT molecular complexity index is 747. The third-order valence-electron chi connectivity index (χ3n) is 4.07. The van der Waals surface area contributed by atoms with Gasteiger partial charge in [-0.05, 0) is 75.2 Å². The first-order valence-electron chi connectivity index (χ1n) is 8.88. The lowest BCUT2D eigenvalue weighted by Crippen LogP contribution is -2.36. The molecule has 5 heteroatoms. The average molecular weight is 371 g/mol. The van der Waals surface area contributed by atoms with Crippen LogP contribution in [0.1, 0.15) is 41.8 Å². The molecule has 138 valence electrons. The van der Waals surface area contributed by atoms with E-state index in [0.717, 1.165) is 24.1 Å². The van der Waals surface area contributed by atoms with Gasteiger partial charge in [-0.2, -0.15) is 0 Å². The summed E-state index contributed by atoms with van der Waals surface area (Å²) >= 11 is 5.41. The average Bonchev–Trinajstić information content (AvgIpc) is 2.62. The number of aryl methyl sites for hydroxylation is 2. The van der Waals surface area contributed by atoms with E-state index < -0.39 is 0 Å². The number of benzene rings is 2. The van der Waals surface area contributed by atoms with Crippen LogP contribution in [0, 0.1) is 6.92 Å². The molecule has 26 heavy (non-hydrogen) atoms. The highest BCUT2D eigenvalue weighted by Crippen LogP contribution is 2.17. The van der Waals surface area contributed by atoms with E-state index in [1.54, 1.807) is 13.0 Å². The molecule has 0 aliphatic heterocycles. The summed E-state index contributed by atoms with van der Waals surface area (Å²) < 4.78 is 5.02. The summed E-state index contributed by atoms with van der Waals surface area (Å²) in [4.78, 5) is 11.8. The molecule has 0 spiro atoms. The monoisotopic (exact) mass is 370 g/mol. The lowest BCUT2D eigenvalue weighted by Gasteiger charge is -2.18. The topological polar surface area (TPSA) is 50.4 Å². The lowest BCUT2D eigenvalue weighted by molar-refractivity contribution is 0.0526. The number of ether oxygens (including phenoxy) is 1. The van der Waals surface area contributed by atoms with E-state index in [4.69, 9.17) is 17.0 Å². The normalized spacial score (nSPS) is 11.5. The molecule has 0 radical (unpaired) electrons. The maximum absolute atomic E-state index is 11.8. The molecule has 4 nitrogen and oxygen atoms in total. The summed E-state index contributed by atoms with van der Waals surface area (Å²) in [6.07, 6.45) is 2.00. The van der Waals surface area contributed by atoms with Crippen LogP contribution in [-0.4, -0.2) is 23.7 Å². The number of carbonyl (C=O) groups excluding carboxylic acids is 1. The van der Waals surface area contributed by atoms with Crippen molar-refractivity contribution in [2.45, 2.75) is 39.7 Å². The fourth-order valence-electron chi connectivity index (χ4n) is 2.63. The molecule has 2 rings (SSSR count). The van der Waals surface area contributed by atoms with Gasteiger partial charge in [-0.15, -0.1) is 0 Å². The molecule has 0 amide bonds. The van der Waals surface area contributed by atoms with E-state index in [2.05, 4.69) is 41.8 Å². The molecule has 0 unspecified atom stereocenters. The second-order valence-corrected chi connectivity index (χ2v) is 6.68. The standard InChI is InChI=1S/C21H26N2O2S/c1-4-25-20(24)18-12-13-19(15(2)14-18)23-21(26)22-16(3)10-11-17-8-6-5-7-9-17/h5-9,12-14,16H,4,10-11H2,1-3H3,(H2,22,23,26)/t16-/m0/s1. The highest BCUT2D eigenvalue weighted by atomic mass is 32.1. The number of hydrogen-bond acceptors (Lipinski definition) is 3. The first-order valence-corrected chi connectivity index (χ1v) is 9.29. The second-order valence-electron chi connectivity index (χ2n) is 6.27. The Morgan fingerprint density at radius 2 is 1.92 bits per heavy atom. The largest absolute Gasteiger partial charge is 0.462 e. The van der Waals surface area contributed by atoms with Crippen molar-refractivity contribution in [3.63, 3.8) is 0 Å². The lowest BCUT2D eigenvalue weighted by atomic mass is 10.1. The zero-order valence-corrected chi connectivity index (χ0v) is 16.4. The summed E-state index contributed by atoms with van der Waals surface area (Å²) in [5.41, 5.74) is 3.69. The van der Waals surface area contributed by atoms with Crippen molar-refractivity contribution in [1.29, 1.82) is 0 Å². The minimum absolute atomic E-state index is 0.259. The maximum atomic E-state index is 11.8. The molecular weight excluding hydrogens is 344 g/mol. The van der Waals surface area contributed by atoms with Crippen LogP contribution in [0.25, 0.3) is 0 Å². The van der Waals surface area contributed by atoms with E-state index in [1.165, 1.54) is 5.56 Å². The van der Waals surface area contributed by atoms with Crippen LogP contribution in [0.15, 0.2) is 48.5 Å². The summed E-state index contributed by atoms with van der Waals surface area (Å²) in [7, 11) is 0. The Kier molecular flexibility index (Phi) is 7.60. The molecule has 0 aliphatic carbocycles. The van der Waals surface area contributed by atoms with Crippen molar-refractivity contribution in [2.75, 3.05) is 11.9 Å². The second kappa shape index (κ2) is 9.92. The van der Waals surface area contributed by atoms with Gasteiger partial charge >= 0.3 is 5.97 Å². The van der Waals surface area contributed by atoms with E-state index in [-0.39, 0.29) is 12.0 Å². The number of esters is 1. The van der Waals surface area contributed by atoms with Gasteiger partial charge in [0, 0.05) is 11.7 Å². The smallest absolute Gasteiger partial charge is 0.338 e. The first-order chi connectivity index (χ1) is 12.5. The van der Waals surface area contributed by atoms with Crippen LogP contribution >= 0.6 is 12.2 Å². The molecule has 2 aromatic carbocycles. The maximum Gasteiger partial charge on any atom is 0.338 e. The zero-order chi connectivity index (χ0) is 18.9. The van der Waals surface area contributed by atoms with Gasteiger partial charge in [0.1, 0.15) is 0 Å². The molecule has 0 saturated heterocycles. The number of hydrogen-bond donors (Lipinski definition) is 2. The van der Waals surface area contributed by atoms with Crippen molar-refractivity contribution in [1.82, 2.24) is 5.32 Å². The van der Waals surface area contributed by atoms with Gasteiger partial charge in [0.2, 0.25) is 0 Å². The number of thiocarbonyl (C=S) groups is 1. The summed E-state index contributed by atoms with van der Waals surface area (Å²) in [5.74, 6) is -0.308. The van der Waals surface area contributed by atoms with Crippen LogP contribution in [0.3, 0.4) is 0 Å². The minimum Gasteiger partial charge on any atom is -0.462 e. The van der Waals surface area contributed by atoms with E-state index >= 15 is 0 Å². The Labute approximate surface area is 161 Å². The summed E-state index contributed by atoms with van der Waals surface area (Å²) in [5, 5.41) is 7.10. The molecular formula is C21H26N2O2S. The number of nitrogens with one attached hydrogen (secondary N) is 2. The third kappa shape index (κ3) is 6.15. The van der Waals surface area contributed by atoms with Gasteiger partial charge < -0.3 is 15.4 Å². The predicted octanol–water partition coefficient (Wildman–Crippen LogP) is 4.48. The molecule has 0 aromatic heterocycles. The van der Waals surface area contributed by atoms with Crippen LogP contribution in [0.4, 0.5) is 5.69 Å². The molecule has 0 saturated carbocycles. The fourth-order valence-corrected chi connectivity index (χ4v) is 2.94. The van der Waals surface area contributed by atoms with Crippen LogP contribution < -0.4 is 10.6 Å². The minimum atomic E-state index is -0.308. The number of anilines is 1. The Balaban J connectivity index is 1.85. The van der Waals surface area contributed by atoms with Crippen molar-refractivity contribution in [3.05, 3.63) is 65.2 Å². The fraction of sp³-hybridized carbons (Fsp3) is 0.333. The van der Waals surface area contributed by atoms with Gasteiger partial charge in [0.15, 0.2) is 5.11 Å². The molecule has 0 fully saturated rings. The Morgan fingerprint density at radius 1 is 1.19 bits per heavy atom. The van der Waals surface area contributed by atoms with Gasteiger partial charge in [0.25, 0.3) is 0 Å². The molecule has 0 heterocycles. The summed E-state index contributed by atoms with van der Waals surface area (Å²) in [6, 6.07) is 16.1. The van der Waals surface area contributed by atoms with E-state index in [0.29, 0.717) is 17.3 Å². The highest BCUT2D eigenvalue weighted by Gasteiger charge is 2.10. The molecule has 2 N–H and O–H groups in total.